The van der Waals surface area contributed by atoms with Crippen LogP contribution in [0.15, 0.2) is 54.9 Å². The Balaban J connectivity index is 1.39. The number of anilines is 1. The largest absolute Gasteiger partial charge is 0.369 e. The summed E-state index contributed by atoms with van der Waals surface area (Å²) in [5.74, 6) is 0.701. The molecule has 7 heteroatoms. The Hall–Kier alpha value is -3.71. The molecule has 3 N–H and O–H groups in total. The monoisotopic (exact) mass is 410 g/mol. The topological polar surface area (TPSA) is 89.7 Å². The molecule has 4 heterocycles. The predicted molar refractivity (Wildman–Crippen MR) is 123 cm³/mol. The lowest BCUT2D eigenvalue weighted by Crippen LogP contribution is -2.43. The van der Waals surface area contributed by atoms with Gasteiger partial charge in [-0.2, -0.15) is 0 Å². The number of Topliss-reactive ketones (excluding diaryl/α,β-unsaturated/α-hetero) is 1. The number of hydrogen-bond acceptors (Lipinski definition) is 5. The Morgan fingerprint density at radius 2 is 1.97 bits per heavy atom. The van der Waals surface area contributed by atoms with Crippen molar-refractivity contribution in [3.05, 3.63) is 66.3 Å². The second-order valence-electron chi connectivity index (χ2n) is 7.97. The summed E-state index contributed by atoms with van der Waals surface area (Å²) in [7, 11) is 0. The van der Waals surface area contributed by atoms with E-state index in [9.17, 15) is 4.79 Å². The van der Waals surface area contributed by atoms with Gasteiger partial charge in [-0.1, -0.05) is 6.08 Å². The molecule has 0 amide bonds. The Morgan fingerprint density at radius 3 is 2.87 bits per heavy atom. The number of hydrogen-bond donors (Lipinski definition) is 3. The molecule has 1 aliphatic heterocycles. The van der Waals surface area contributed by atoms with Crippen LogP contribution in [0.25, 0.3) is 33.2 Å². The van der Waals surface area contributed by atoms with Crippen molar-refractivity contribution in [2.75, 3.05) is 31.1 Å². The lowest BCUT2D eigenvalue weighted by atomic mass is 9.92. The van der Waals surface area contributed by atoms with E-state index in [0.29, 0.717) is 17.8 Å². The highest BCUT2D eigenvalue weighted by molar-refractivity contribution is 6.24. The minimum atomic E-state index is 0.0736. The number of fused-ring (bicyclic) bond motifs is 2. The smallest absolute Gasteiger partial charge is 0.170 e. The van der Waals surface area contributed by atoms with E-state index in [1.165, 1.54) is 5.69 Å². The van der Waals surface area contributed by atoms with E-state index >= 15 is 0 Å². The Labute approximate surface area is 178 Å². The van der Waals surface area contributed by atoms with Crippen LogP contribution in [0.1, 0.15) is 17.8 Å². The van der Waals surface area contributed by atoms with Gasteiger partial charge in [-0.15, -0.1) is 0 Å². The molecule has 154 valence electrons. The zero-order chi connectivity index (χ0) is 20.8. The predicted octanol–water partition coefficient (Wildman–Crippen LogP) is 3.29. The number of allylic oxidation sites excluding steroid dienone is 4. The maximum Gasteiger partial charge on any atom is 0.170 e. The van der Waals surface area contributed by atoms with Gasteiger partial charge in [0.25, 0.3) is 0 Å². The third kappa shape index (κ3) is 3.14. The fourth-order valence-corrected chi connectivity index (χ4v) is 4.45. The van der Waals surface area contributed by atoms with Crippen LogP contribution in [0.2, 0.25) is 0 Å². The Bertz CT molecular complexity index is 1370. The summed E-state index contributed by atoms with van der Waals surface area (Å²) in [5, 5.41) is 4.43. The molecule has 1 fully saturated rings. The van der Waals surface area contributed by atoms with Crippen molar-refractivity contribution in [2.45, 2.75) is 6.42 Å². The summed E-state index contributed by atoms with van der Waals surface area (Å²) in [4.78, 5) is 30.8. The molecular weight excluding hydrogens is 388 g/mol. The van der Waals surface area contributed by atoms with Crippen LogP contribution in [0.3, 0.4) is 0 Å². The molecule has 0 bridgehead atoms. The van der Waals surface area contributed by atoms with Crippen molar-refractivity contribution < 1.29 is 4.79 Å². The van der Waals surface area contributed by atoms with Gasteiger partial charge in [0.2, 0.25) is 0 Å². The van der Waals surface area contributed by atoms with Gasteiger partial charge in [0.05, 0.1) is 16.6 Å². The van der Waals surface area contributed by atoms with Crippen LogP contribution in [-0.2, 0) is 4.79 Å². The second-order valence-corrected chi connectivity index (χ2v) is 7.97. The van der Waals surface area contributed by atoms with E-state index in [0.717, 1.165) is 59.4 Å². The number of carbonyl (C=O) groups is 1. The first-order valence-electron chi connectivity index (χ1n) is 10.6. The Kier molecular flexibility index (Phi) is 4.21. The van der Waals surface area contributed by atoms with Gasteiger partial charge in [0.15, 0.2) is 5.78 Å². The number of benzene rings is 1. The normalized spacial score (nSPS) is 17.3. The van der Waals surface area contributed by atoms with Crippen molar-refractivity contribution in [1.29, 1.82) is 0 Å². The van der Waals surface area contributed by atoms with E-state index in [1.807, 2.05) is 36.5 Å². The highest BCUT2D eigenvalue weighted by Crippen LogP contribution is 2.32. The summed E-state index contributed by atoms with van der Waals surface area (Å²) in [6.07, 6.45) is 7.97. The number of aromatic nitrogens is 4. The SMILES string of the molecule is O=C1CC=C(c2ccnc3[nH]ccc23)C=C1c1nc2ccc(N3CCNCC3)cc2[nH]1. The average Bonchev–Trinajstić information content (AvgIpc) is 3.46. The number of rotatable bonds is 3. The van der Waals surface area contributed by atoms with Crippen molar-refractivity contribution in [1.82, 2.24) is 25.3 Å². The molecule has 1 aromatic carbocycles. The molecule has 7 nitrogen and oxygen atoms in total. The van der Waals surface area contributed by atoms with Gasteiger partial charge in [-0.3, -0.25) is 4.79 Å². The first-order valence-corrected chi connectivity index (χ1v) is 10.6. The van der Waals surface area contributed by atoms with Crippen molar-refractivity contribution >= 4 is 44.7 Å². The van der Waals surface area contributed by atoms with Gasteiger partial charge < -0.3 is 20.2 Å². The maximum absolute atomic E-state index is 12.8. The van der Waals surface area contributed by atoms with Crippen LogP contribution >= 0.6 is 0 Å². The highest BCUT2D eigenvalue weighted by Gasteiger charge is 2.21. The van der Waals surface area contributed by atoms with E-state index in [1.54, 1.807) is 6.20 Å². The third-order valence-corrected chi connectivity index (χ3v) is 6.08. The minimum Gasteiger partial charge on any atom is -0.369 e. The van der Waals surface area contributed by atoms with Crippen LogP contribution in [-0.4, -0.2) is 51.9 Å². The lowest BCUT2D eigenvalue weighted by molar-refractivity contribution is -0.113. The summed E-state index contributed by atoms with van der Waals surface area (Å²) in [6, 6.07) is 10.3. The number of pyridine rings is 1. The lowest BCUT2D eigenvalue weighted by Gasteiger charge is -2.29. The number of H-pyrrole nitrogens is 2. The number of aromatic amines is 2. The molecule has 0 radical (unpaired) electrons. The van der Waals surface area contributed by atoms with Crippen LogP contribution in [0, 0.1) is 0 Å². The molecule has 2 aliphatic rings. The van der Waals surface area contributed by atoms with Gasteiger partial charge in [0, 0.05) is 56.1 Å². The average molecular weight is 410 g/mol. The first kappa shape index (κ1) is 18.1. The molecule has 1 saturated heterocycles. The van der Waals surface area contributed by atoms with Crippen molar-refractivity contribution in [3.8, 4) is 0 Å². The van der Waals surface area contributed by atoms with E-state index < -0.39 is 0 Å². The van der Waals surface area contributed by atoms with E-state index in [-0.39, 0.29) is 5.78 Å². The summed E-state index contributed by atoms with van der Waals surface area (Å²) < 4.78 is 0. The summed E-state index contributed by atoms with van der Waals surface area (Å²) in [6.45, 7) is 3.96. The molecular formula is C24H22N6O. The molecule has 3 aromatic heterocycles. The third-order valence-electron chi connectivity index (χ3n) is 6.08. The van der Waals surface area contributed by atoms with Gasteiger partial charge in [-0.25, -0.2) is 9.97 Å². The molecule has 31 heavy (non-hydrogen) atoms. The quantitative estimate of drug-likeness (QED) is 0.482. The standard InChI is InChI=1S/C24H22N6O/c31-22-4-1-15(17-5-7-26-23-18(17)6-8-27-23)13-19(22)24-28-20-3-2-16(14-21(20)29-24)30-11-9-25-10-12-30/h1-3,5-8,13-14,25H,4,9-12H2,(H,26,27)(H,28,29). The molecule has 1 aliphatic carbocycles. The maximum atomic E-state index is 12.8. The summed E-state index contributed by atoms with van der Waals surface area (Å²) >= 11 is 0. The fraction of sp³-hybridized carbons (Fsp3) is 0.208. The Morgan fingerprint density at radius 1 is 1.06 bits per heavy atom. The number of imidazole rings is 1. The molecule has 6 rings (SSSR count). The van der Waals surface area contributed by atoms with Crippen LogP contribution in [0.5, 0.6) is 0 Å². The highest BCUT2D eigenvalue weighted by atomic mass is 16.1. The number of nitrogens with one attached hydrogen (secondary N) is 3. The van der Waals surface area contributed by atoms with Crippen LogP contribution in [0.4, 0.5) is 5.69 Å². The van der Waals surface area contributed by atoms with Gasteiger partial charge >= 0.3 is 0 Å². The molecule has 0 atom stereocenters. The zero-order valence-corrected chi connectivity index (χ0v) is 17.0. The van der Waals surface area contributed by atoms with Gasteiger partial charge in [0.1, 0.15) is 11.5 Å². The number of carbonyl (C=O) groups excluding carboxylic acids is 1. The summed E-state index contributed by atoms with van der Waals surface area (Å²) in [5.41, 5.74) is 6.55. The molecule has 0 spiro atoms. The molecule has 0 unspecified atom stereocenters. The number of ketones is 1. The molecule has 4 aromatic rings. The van der Waals surface area contributed by atoms with Crippen LogP contribution < -0.4 is 10.2 Å². The van der Waals surface area contributed by atoms with E-state index in [2.05, 4.69) is 37.3 Å². The van der Waals surface area contributed by atoms with Gasteiger partial charge in [-0.05, 0) is 47.5 Å². The fourth-order valence-electron chi connectivity index (χ4n) is 4.45. The number of piperazine rings is 1. The van der Waals surface area contributed by atoms with E-state index in [4.69, 9.17) is 4.98 Å². The number of nitrogens with zero attached hydrogens (tertiary/aromatic N) is 3. The minimum absolute atomic E-state index is 0.0736. The molecule has 0 saturated carbocycles. The zero-order valence-electron chi connectivity index (χ0n) is 17.0. The second kappa shape index (κ2) is 7.21. The van der Waals surface area contributed by atoms with Crippen molar-refractivity contribution in [2.24, 2.45) is 0 Å². The van der Waals surface area contributed by atoms with Crippen molar-refractivity contribution in [3.63, 3.8) is 0 Å². The first-order chi connectivity index (χ1) is 15.3.